The van der Waals surface area contributed by atoms with Gasteiger partial charge in [0.15, 0.2) is 12.6 Å². The first-order valence-electron chi connectivity index (χ1n) is 29.6. The van der Waals surface area contributed by atoms with Crippen molar-refractivity contribution in [3.8, 4) is 0 Å². The SMILES string of the molecule is CCCCCCCCCC/C=C/C(O)C(COC1OC(CO)C(OC2OC(CO)C(O)C(OC3(C(=O)O)CC(O)C(NC(C)=O)C(C(O)C(O)CO)O3)C2O)C(O)C1O)NC(=O)CCCCCCCCCCCCCCCCC. The number of hydrogen-bond acceptors (Lipinski definition) is 20. The molecule has 79 heavy (non-hydrogen) atoms. The molecule has 0 aliphatic carbocycles. The molecule has 3 rings (SSSR count). The van der Waals surface area contributed by atoms with Gasteiger partial charge in [-0.3, -0.25) is 9.59 Å². The molecule has 3 aliphatic rings. The third kappa shape index (κ3) is 23.9. The molecule has 14 N–H and O–H groups in total. The molecule has 0 radical (unpaired) electrons. The van der Waals surface area contributed by atoms with E-state index in [2.05, 4.69) is 24.5 Å². The molecule has 3 saturated heterocycles. The van der Waals surface area contributed by atoms with Crippen molar-refractivity contribution in [1.82, 2.24) is 10.6 Å². The van der Waals surface area contributed by atoms with Crippen LogP contribution in [0.25, 0.3) is 0 Å². The van der Waals surface area contributed by atoms with Crippen LogP contribution in [0.3, 0.4) is 0 Å². The number of aliphatic hydroxyl groups is 11. The van der Waals surface area contributed by atoms with Gasteiger partial charge >= 0.3 is 5.97 Å². The van der Waals surface area contributed by atoms with Crippen LogP contribution < -0.4 is 10.6 Å². The Morgan fingerprint density at radius 1 is 0.658 bits per heavy atom. The maximum absolute atomic E-state index is 13.3. The van der Waals surface area contributed by atoms with Crippen LogP contribution in [0.2, 0.25) is 0 Å². The van der Waals surface area contributed by atoms with Crippen molar-refractivity contribution >= 4 is 17.8 Å². The van der Waals surface area contributed by atoms with E-state index in [1.54, 1.807) is 6.08 Å². The van der Waals surface area contributed by atoms with Gasteiger partial charge < -0.3 is 100 Å². The Morgan fingerprint density at radius 2 is 1.18 bits per heavy atom. The molecule has 0 aromatic rings. The van der Waals surface area contributed by atoms with Crippen LogP contribution >= 0.6 is 0 Å². The van der Waals surface area contributed by atoms with E-state index in [1.165, 1.54) is 96.3 Å². The molecule has 0 bridgehead atoms. The van der Waals surface area contributed by atoms with Crippen molar-refractivity contribution < 1.29 is 104 Å². The smallest absolute Gasteiger partial charge is 0.364 e. The van der Waals surface area contributed by atoms with E-state index in [0.29, 0.717) is 12.8 Å². The van der Waals surface area contributed by atoms with Crippen LogP contribution in [0.1, 0.15) is 188 Å². The normalized spacial score (nSPS) is 30.9. The molecule has 23 nitrogen and oxygen atoms in total. The number of ether oxygens (including phenoxy) is 6. The Bertz CT molecular complexity index is 1680. The van der Waals surface area contributed by atoms with Gasteiger partial charge in [0, 0.05) is 19.8 Å². The second kappa shape index (κ2) is 39.1. The van der Waals surface area contributed by atoms with Crippen LogP contribution in [0.15, 0.2) is 12.2 Å². The van der Waals surface area contributed by atoms with Crippen LogP contribution in [-0.2, 0) is 42.8 Å². The fourth-order valence-corrected chi connectivity index (χ4v) is 10.4. The fourth-order valence-electron chi connectivity index (χ4n) is 10.4. The summed E-state index contributed by atoms with van der Waals surface area (Å²) in [4.78, 5) is 38.3. The third-order valence-corrected chi connectivity index (χ3v) is 15.2. The largest absolute Gasteiger partial charge is 0.477 e. The summed E-state index contributed by atoms with van der Waals surface area (Å²) in [5, 5.41) is 135. The number of nitrogens with one attached hydrogen (secondary N) is 2. The molecule has 462 valence electrons. The lowest BCUT2D eigenvalue weighted by Gasteiger charge is -2.50. The van der Waals surface area contributed by atoms with E-state index in [9.17, 15) is 75.7 Å². The highest BCUT2D eigenvalue weighted by Gasteiger charge is 2.60. The molecule has 0 aromatic heterocycles. The molecule has 23 heteroatoms. The fraction of sp³-hybridized carbons (Fsp3) is 0.911. The first kappa shape index (κ1) is 70.7. The lowest BCUT2D eigenvalue weighted by atomic mass is 9.88. The minimum atomic E-state index is -3.08. The lowest BCUT2D eigenvalue weighted by molar-refractivity contribution is -0.386. The summed E-state index contributed by atoms with van der Waals surface area (Å²) in [5.74, 6) is -6.14. The highest BCUT2D eigenvalue weighted by Crippen LogP contribution is 2.38. The number of carbonyl (C=O) groups is 3. The molecule has 0 saturated carbocycles. The van der Waals surface area contributed by atoms with Crippen LogP contribution in [0.4, 0.5) is 0 Å². The second-order valence-corrected chi connectivity index (χ2v) is 21.9. The molecular weight excluding hydrogens is 1040 g/mol. The average Bonchev–Trinajstić information content (AvgIpc) is 3.46. The summed E-state index contributed by atoms with van der Waals surface area (Å²) in [6, 6.07) is -2.61. The van der Waals surface area contributed by atoms with Crippen molar-refractivity contribution in [2.75, 3.05) is 26.4 Å². The summed E-state index contributed by atoms with van der Waals surface area (Å²) < 4.78 is 34.6. The summed E-state index contributed by atoms with van der Waals surface area (Å²) in [5.41, 5.74) is 0. The number of aliphatic carboxylic acids is 1. The van der Waals surface area contributed by atoms with Gasteiger partial charge in [-0.2, -0.15) is 0 Å². The minimum absolute atomic E-state index is 0.204. The molecule has 3 heterocycles. The van der Waals surface area contributed by atoms with E-state index >= 15 is 0 Å². The second-order valence-electron chi connectivity index (χ2n) is 21.9. The highest BCUT2D eigenvalue weighted by molar-refractivity contribution is 5.77. The molecule has 3 fully saturated rings. The summed E-state index contributed by atoms with van der Waals surface area (Å²) in [7, 11) is 0. The predicted molar refractivity (Wildman–Crippen MR) is 288 cm³/mol. The molecule has 0 spiro atoms. The number of carboxylic acid groups (broad SMARTS) is 1. The number of aliphatic hydroxyl groups excluding tert-OH is 11. The van der Waals surface area contributed by atoms with Crippen molar-refractivity contribution in [2.24, 2.45) is 0 Å². The molecule has 2 amide bonds. The van der Waals surface area contributed by atoms with Gasteiger partial charge in [0.2, 0.25) is 11.8 Å². The third-order valence-electron chi connectivity index (χ3n) is 15.2. The minimum Gasteiger partial charge on any atom is -0.477 e. The van der Waals surface area contributed by atoms with Gasteiger partial charge in [0.05, 0.1) is 50.7 Å². The molecular formula is C56H102N2O21. The number of carbonyl (C=O) groups excluding carboxylic acids is 2. The number of rotatable bonds is 42. The van der Waals surface area contributed by atoms with E-state index in [1.807, 2.05) is 6.08 Å². The quantitative estimate of drug-likeness (QED) is 0.0307. The summed E-state index contributed by atoms with van der Waals surface area (Å²) in [6.07, 6.45) is 1.57. The average molecular weight is 1140 g/mol. The first-order chi connectivity index (χ1) is 37.9. The number of hydrogen-bond donors (Lipinski definition) is 14. The Balaban J connectivity index is 1.68. The zero-order chi connectivity index (χ0) is 58.3. The van der Waals surface area contributed by atoms with Crippen molar-refractivity contribution in [3.05, 3.63) is 12.2 Å². The van der Waals surface area contributed by atoms with Gasteiger partial charge in [-0.05, 0) is 19.3 Å². The number of amides is 2. The molecule has 0 aromatic carbocycles. The van der Waals surface area contributed by atoms with Gasteiger partial charge in [0.1, 0.15) is 67.1 Å². The standard InChI is InChI=1S/C56H102N2O21/c1-4-6-8-10-12-14-16-17-18-19-20-22-24-26-28-30-43(66)58-37(38(63)29-27-25-23-21-15-13-11-9-7-5-2)35-74-53-48(70)47(69)50(42(34-61)76-53)77-54-49(71)52(46(68)41(33-60)75-54)79-56(55(72)73)31-39(64)44(57-36(3)62)51(78-56)45(67)40(65)32-59/h27,29,37-42,44-54,59-61,63-65,67-71H,4-26,28,30-35H2,1-3H3,(H,57,62)(H,58,66)(H,72,73)/b29-27+. The van der Waals surface area contributed by atoms with Crippen molar-refractivity contribution in [2.45, 2.75) is 298 Å². The van der Waals surface area contributed by atoms with Crippen LogP contribution in [0.5, 0.6) is 0 Å². The zero-order valence-corrected chi connectivity index (χ0v) is 47.2. The monoisotopic (exact) mass is 1140 g/mol. The molecule has 18 atom stereocenters. The van der Waals surface area contributed by atoms with Gasteiger partial charge in [-0.25, -0.2) is 4.79 Å². The molecule has 3 aliphatic heterocycles. The van der Waals surface area contributed by atoms with E-state index in [-0.39, 0.29) is 12.3 Å². The topological polar surface area (TPSA) is 373 Å². The maximum atomic E-state index is 13.3. The number of unbranched alkanes of at least 4 members (excludes halogenated alkanes) is 22. The highest BCUT2D eigenvalue weighted by atomic mass is 16.8. The first-order valence-corrected chi connectivity index (χ1v) is 29.6. The molecule has 18 unspecified atom stereocenters. The van der Waals surface area contributed by atoms with Crippen LogP contribution in [-0.4, -0.2) is 215 Å². The van der Waals surface area contributed by atoms with Gasteiger partial charge in [-0.15, -0.1) is 0 Å². The Hall–Kier alpha value is -2.53. The summed E-state index contributed by atoms with van der Waals surface area (Å²) in [6.45, 7) is 2.06. The van der Waals surface area contributed by atoms with E-state index in [0.717, 1.165) is 51.9 Å². The van der Waals surface area contributed by atoms with Crippen molar-refractivity contribution in [1.29, 1.82) is 0 Å². The van der Waals surface area contributed by atoms with Gasteiger partial charge in [0.25, 0.3) is 5.79 Å². The Morgan fingerprint density at radius 3 is 1.68 bits per heavy atom. The predicted octanol–water partition coefficient (Wildman–Crippen LogP) is 2.00. The van der Waals surface area contributed by atoms with Crippen molar-refractivity contribution in [3.63, 3.8) is 0 Å². The van der Waals surface area contributed by atoms with Gasteiger partial charge in [-0.1, -0.05) is 161 Å². The number of carboxylic acids is 1. The van der Waals surface area contributed by atoms with E-state index in [4.69, 9.17) is 28.4 Å². The van der Waals surface area contributed by atoms with E-state index < -0.39 is 155 Å². The Kier molecular flexibility index (Phi) is 35.0. The van der Waals surface area contributed by atoms with Crippen LogP contribution in [0, 0.1) is 0 Å². The number of allylic oxidation sites excluding steroid dienone is 1. The maximum Gasteiger partial charge on any atom is 0.364 e. The summed E-state index contributed by atoms with van der Waals surface area (Å²) >= 11 is 0. The lowest BCUT2D eigenvalue weighted by Crippen LogP contribution is -2.70. The zero-order valence-electron chi connectivity index (χ0n) is 47.2. The Labute approximate surface area is 467 Å².